The van der Waals surface area contributed by atoms with E-state index in [0.717, 1.165) is 10.8 Å². The number of nitrogen functional groups attached to an aromatic ring is 1. The molecule has 1 aromatic heterocycles. The van der Waals surface area contributed by atoms with E-state index in [-0.39, 0.29) is 24.8 Å². The Labute approximate surface area is 265 Å². The number of benzene rings is 3. The van der Waals surface area contributed by atoms with E-state index in [1.807, 2.05) is 39.0 Å². The van der Waals surface area contributed by atoms with E-state index in [2.05, 4.69) is 10.3 Å². The van der Waals surface area contributed by atoms with Crippen LogP contribution in [0, 0.1) is 10.1 Å². The minimum atomic E-state index is -1.50. The summed E-state index contributed by atoms with van der Waals surface area (Å²) in [6, 6.07) is 16.4. The molecule has 1 amide bonds. The van der Waals surface area contributed by atoms with Gasteiger partial charge in [0.1, 0.15) is 18.0 Å². The normalized spacial score (nSPS) is 16.7. The molecule has 2 heterocycles. The van der Waals surface area contributed by atoms with Crippen LogP contribution in [0.15, 0.2) is 72.9 Å². The number of nitro groups is 1. The van der Waals surface area contributed by atoms with Crippen LogP contribution < -0.4 is 20.5 Å². The molecule has 4 aromatic rings. The van der Waals surface area contributed by atoms with E-state index in [0.29, 0.717) is 40.7 Å². The van der Waals surface area contributed by atoms with Crippen LogP contribution in [0.25, 0.3) is 10.8 Å². The number of carbonyl (C=O) groups is 2. The third kappa shape index (κ3) is 6.88. The summed E-state index contributed by atoms with van der Waals surface area (Å²) in [5, 5.41) is 26.0. The molecule has 13 heteroatoms. The second-order valence-electron chi connectivity index (χ2n) is 11.1. The molecule has 240 valence electrons. The number of non-ortho nitro benzene ring substituents is 1. The number of nitrogens with one attached hydrogen (secondary N) is 1. The Kier molecular flexibility index (Phi) is 9.40. The van der Waals surface area contributed by atoms with Gasteiger partial charge in [0.25, 0.3) is 5.69 Å². The molecule has 5 rings (SSSR count). The van der Waals surface area contributed by atoms with E-state index < -0.39 is 35.2 Å². The number of nitrogens with zero attached hydrogens (tertiary/aromatic N) is 3. The van der Waals surface area contributed by atoms with Crippen LogP contribution in [0.3, 0.4) is 0 Å². The van der Waals surface area contributed by atoms with Crippen LogP contribution in [0.4, 0.5) is 22.0 Å². The van der Waals surface area contributed by atoms with E-state index >= 15 is 0 Å². The predicted octanol–water partition coefficient (Wildman–Crippen LogP) is 6.10. The highest BCUT2D eigenvalue weighted by Crippen LogP contribution is 2.40. The fourth-order valence-corrected chi connectivity index (χ4v) is 5.72. The molecule has 0 radical (unpaired) electrons. The molecule has 1 aliphatic rings. The summed E-state index contributed by atoms with van der Waals surface area (Å²) >= 11 is 0. The molecule has 3 unspecified atom stereocenters. The molecule has 0 spiro atoms. The lowest BCUT2D eigenvalue weighted by molar-refractivity contribution is -0.385. The summed E-state index contributed by atoms with van der Waals surface area (Å²) in [6.07, 6.45) is -0.766. The molecule has 3 atom stereocenters. The molecule has 1 aliphatic heterocycles. The van der Waals surface area contributed by atoms with E-state index in [9.17, 15) is 24.8 Å². The maximum Gasteiger partial charge on any atom is 0.506 e. The Morgan fingerprint density at radius 2 is 1.93 bits per heavy atom. The molecule has 0 bridgehead atoms. The van der Waals surface area contributed by atoms with Crippen molar-refractivity contribution >= 4 is 40.0 Å². The van der Waals surface area contributed by atoms with Crippen molar-refractivity contribution in [3.8, 4) is 11.5 Å². The number of nitrogens with two attached hydrogens (primary N) is 1. The molecule has 4 N–H and O–H groups in total. The van der Waals surface area contributed by atoms with Gasteiger partial charge >= 0.3 is 6.16 Å². The van der Waals surface area contributed by atoms with Crippen LogP contribution in [-0.4, -0.2) is 57.3 Å². The van der Waals surface area contributed by atoms with E-state index in [4.69, 9.17) is 19.9 Å². The van der Waals surface area contributed by atoms with Gasteiger partial charge in [0, 0.05) is 42.4 Å². The fraction of sp³-hybridized carbons (Fsp3) is 0.303. The first-order valence-corrected chi connectivity index (χ1v) is 14.8. The zero-order valence-corrected chi connectivity index (χ0v) is 25.6. The molecule has 1 saturated heterocycles. The van der Waals surface area contributed by atoms with Gasteiger partial charge < -0.3 is 35.3 Å². The molecule has 0 aliphatic carbocycles. The third-order valence-electron chi connectivity index (χ3n) is 7.62. The maximum atomic E-state index is 14.7. The second kappa shape index (κ2) is 13.6. The van der Waals surface area contributed by atoms with Crippen LogP contribution in [0.1, 0.15) is 50.4 Å². The molecular formula is C33H35N5O8. The first kappa shape index (κ1) is 31.8. The summed E-state index contributed by atoms with van der Waals surface area (Å²) in [7, 11) is 0. The van der Waals surface area contributed by atoms with Gasteiger partial charge in [0.05, 0.1) is 23.7 Å². The van der Waals surface area contributed by atoms with E-state index in [1.54, 1.807) is 36.5 Å². The number of aromatic nitrogens is 1. The number of likely N-dealkylation sites (tertiary alicyclic amines) is 1. The van der Waals surface area contributed by atoms with Crippen LogP contribution in [0.2, 0.25) is 0 Å². The van der Waals surface area contributed by atoms with Crippen molar-refractivity contribution in [1.29, 1.82) is 0 Å². The van der Waals surface area contributed by atoms with Crippen molar-refractivity contribution in [3.63, 3.8) is 0 Å². The number of pyridine rings is 1. The van der Waals surface area contributed by atoms with Crippen molar-refractivity contribution in [2.45, 2.75) is 51.5 Å². The average Bonchev–Trinajstić information content (AvgIpc) is 3.43. The number of carbonyl (C=O) groups excluding carboxylic acids is 1. The Hall–Kier alpha value is -5.59. The average molecular weight is 630 g/mol. The van der Waals surface area contributed by atoms with Gasteiger partial charge in [-0.3, -0.25) is 14.9 Å². The summed E-state index contributed by atoms with van der Waals surface area (Å²) in [5.41, 5.74) is 7.42. The largest absolute Gasteiger partial charge is 0.506 e. The lowest BCUT2D eigenvalue weighted by Gasteiger charge is -2.32. The second-order valence-corrected chi connectivity index (χ2v) is 11.1. The topological polar surface area (TPSA) is 179 Å². The van der Waals surface area contributed by atoms with Gasteiger partial charge in [-0.25, -0.2) is 9.78 Å². The third-order valence-corrected chi connectivity index (χ3v) is 7.62. The molecule has 3 aromatic carbocycles. The van der Waals surface area contributed by atoms with Crippen molar-refractivity contribution in [2.24, 2.45) is 0 Å². The lowest BCUT2D eigenvalue weighted by Crippen LogP contribution is -2.40. The number of amides is 1. The van der Waals surface area contributed by atoms with Crippen molar-refractivity contribution in [3.05, 3.63) is 94.2 Å². The maximum absolute atomic E-state index is 14.7. The highest BCUT2D eigenvalue weighted by molar-refractivity contribution is 5.94. The van der Waals surface area contributed by atoms with Gasteiger partial charge in [-0.2, -0.15) is 0 Å². The van der Waals surface area contributed by atoms with Crippen LogP contribution in [-0.2, 0) is 9.53 Å². The lowest BCUT2D eigenvalue weighted by atomic mass is 9.99. The van der Waals surface area contributed by atoms with Crippen molar-refractivity contribution in [1.82, 2.24) is 9.88 Å². The smallest absolute Gasteiger partial charge is 0.490 e. The van der Waals surface area contributed by atoms with Crippen molar-refractivity contribution in [2.75, 3.05) is 24.2 Å². The summed E-state index contributed by atoms with van der Waals surface area (Å²) in [6.45, 7) is 6.15. The van der Waals surface area contributed by atoms with Gasteiger partial charge in [-0.15, -0.1) is 0 Å². The highest BCUT2D eigenvalue weighted by atomic mass is 16.7. The van der Waals surface area contributed by atoms with Gasteiger partial charge in [0.15, 0.2) is 11.5 Å². The zero-order chi connectivity index (χ0) is 33.0. The van der Waals surface area contributed by atoms with Crippen LogP contribution >= 0.6 is 0 Å². The number of carboxylic acid groups (broad SMARTS) is 1. The van der Waals surface area contributed by atoms with Crippen molar-refractivity contribution < 1.29 is 33.8 Å². The highest BCUT2D eigenvalue weighted by Gasteiger charge is 2.43. The predicted molar refractivity (Wildman–Crippen MR) is 171 cm³/mol. The number of anilines is 2. The molecule has 0 saturated carbocycles. The molecule has 13 nitrogen and oxygen atoms in total. The fourth-order valence-electron chi connectivity index (χ4n) is 5.72. The Morgan fingerprint density at radius 1 is 1.13 bits per heavy atom. The minimum Gasteiger partial charge on any atom is -0.490 e. The number of hydrogen-bond donors (Lipinski definition) is 3. The first-order chi connectivity index (χ1) is 22.0. The summed E-state index contributed by atoms with van der Waals surface area (Å²) in [5.74, 6) is 0.947. The summed E-state index contributed by atoms with van der Waals surface area (Å²) < 4.78 is 17.0. The number of nitro benzene ring substituents is 1. The van der Waals surface area contributed by atoms with E-state index in [1.165, 1.54) is 23.1 Å². The SMILES string of the molecule is CCOc1cc(C(Nc2ccc3c(N)nccc3c2)C(=O)N2CCC(OC(=O)O)C2c2cccc([N+](=O)[O-])c2)ccc1OC(C)C. The Balaban J connectivity index is 1.60. The number of rotatable bonds is 11. The summed E-state index contributed by atoms with van der Waals surface area (Å²) in [4.78, 5) is 43.0. The van der Waals surface area contributed by atoms with Crippen LogP contribution in [0.5, 0.6) is 11.5 Å². The van der Waals surface area contributed by atoms with Gasteiger partial charge in [-0.1, -0.05) is 18.2 Å². The Morgan fingerprint density at radius 3 is 2.65 bits per heavy atom. The quantitative estimate of drug-likeness (QED) is 0.0991. The molecular weight excluding hydrogens is 594 g/mol. The molecule has 46 heavy (non-hydrogen) atoms. The molecule has 1 fully saturated rings. The standard InChI is InChI=1S/C33H35N5O8/c1-4-44-28-18-21(8-11-26(28)45-19(2)3)29(36-23-9-10-25-20(16-23)12-14-35-31(25)34)32(39)37-15-13-27(46-33(40)41)30(37)22-6-5-7-24(17-22)38(42)43/h5-12,14,16-19,27,29-30,36H,4,13,15H2,1-3H3,(H2,34,35)(H,40,41). The van der Waals surface area contributed by atoms with Gasteiger partial charge in [-0.05, 0) is 73.7 Å². The monoisotopic (exact) mass is 629 g/mol. The first-order valence-electron chi connectivity index (χ1n) is 14.8. The number of fused-ring (bicyclic) bond motifs is 1. The number of ether oxygens (including phenoxy) is 3. The van der Waals surface area contributed by atoms with Gasteiger partial charge in [0.2, 0.25) is 5.91 Å². The minimum absolute atomic E-state index is 0.119. The zero-order valence-electron chi connectivity index (χ0n) is 25.6. The number of hydrogen-bond acceptors (Lipinski definition) is 10. The Bertz CT molecular complexity index is 1760.